The highest BCUT2D eigenvalue weighted by Crippen LogP contribution is 2.53. The van der Waals surface area contributed by atoms with Gasteiger partial charge in [-0.25, -0.2) is 4.39 Å². The van der Waals surface area contributed by atoms with Gasteiger partial charge in [-0.15, -0.1) is 0 Å². The van der Waals surface area contributed by atoms with Crippen LogP contribution in [0.1, 0.15) is 39.8 Å². The van der Waals surface area contributed by atoms with Crippen molar-refractivity contribution in [2.24, 2.45) is 5.11 Å². The second kappa shape index (κ2) is 6.13. The average Bonchev–Trinajstić information content (AvgIpc) is 2.84. The Balaban J connectivity index is 1.86. The van der Waals surface area contributed by atoms with Crippen LogP contribution in [0, 0.1) is 5.82 Å². The lowest BCUT2D eigenvalue weighted by Crippen LogP contribution is -2.21. The largest absolute Gasteiger partial charge is 0.616 e. The van der Waals surface area contributed by atoms with Crippen LogP contribution in [0.5, 0.6) is 0 Å². The molecule has 0 N–H and O–H groups in total. The molecule has 0 aromatic heterocycles. The third-order valence-corrected chi connectivity index (χ3v) is 7.14. The van der Waals surface area contributed by atoms with Gasteiger partial charge >= 0.3 is 0 Å². The summed E-state index contributed by atoms with van der Waals surface area (Å²) in [4.78, 5) is 2.80. The van der Waals surface area contributed by atoms with Gasteiger partial charge in [0.1, 0.15) is 16.3 Å². The van der Waals surface area contributed by atoms with Crippen LogP contribution in [0.15, 0.2) is 47.6 Å². The predicted molar refractivity (Wildman–Crippen MR) is 91.7 cm³/mol. The van der Waals surface area contributed by atoms with Crippen molar-refractivity contribution >= 4 is 11.2 Å². The lowest BCUT2D eigenvalue weighted by Gasteiger charge is -2.22. The molecule has 2 aromatic carbocycles. The lowest BCUT2D eigenvalue weighted by atomic mass is 9.87. The zero-order valence-electron chi connectivity index (χ0n) is 12.9. The summed E-state index contributed by atoms with van der Waals surface area (Å²) in [5.74, 6) is -0.224. The van der Waals surface area contributed by atoms with Gasteiger partial charge in [0.05, 0.1) is 6.54 Å². The van der Waals surface area contributed by atoms with Gasteiger partial charge in [-0.1, -0.05) is 35.4 Å². The molecule has 1 aliphatic heterocycles. The fraction of sp³-hybridized carbons (Fsp3) is 0.333. The summed E-state index contributed by atoms with van der Waals surface area (Å²) < 4.78 is 27.0. The molecule has 24 heavy (non-hydrogen) atoms. The Morgan fingerprint density at radius 2 is 2.00 bits per heavy atom. The van der Waals surface area contributed by atoms with Crippen LogP contribution in [0.2, 0.25) is 0 Å². The molecule has 1 aliphatic carbocycles. The van der Waals surface area contributed by atoms with Gasteiger partial charge in [0.15, 0.2) is 0 Å². The number of halogens is 1. The summed E-state index contributed by atoms with van der Waals surface area (Å²) in [5.41, 5.74) is 12.9. The molecule has 6 heteroatoms. The van der Waals surface area contributed by atoms with Crippen LogP contribution in [-0.4, -0.2) is 16.3 Å². The number of rotatable bonds is 2. The third-order valence-electron chi connectivity index (χ3n) is 5.06. The first-order valence-electron chi connectivity index (χ1n) is 7.95. The van der Waals surface area contributed by atoms with Crippen LogP contribution in [-0.2, 0) is 17.6 Å². The minimum atomic E-state index is -1.20. The number of azide groups is 1. The second-order valence-corrected chi connectivity index (χ2v) is 8.18. The molecule has 0 radical (unpaired) electrons. The molecule has 4 atom stereocenters. The van der Waals surface area contributed by atoms with E-state index >= 15 is 0 Å². The fourth-order valence-corrected chi connectivity index (χ4v) is 6.11. The smallest absolute Gasteiger partial charge is 0.148 e. The number of hydrogen-bond acceptors (Lipinski definition) is 2. The van der Waals surface area contributed by atoms with E-state index in [1.165, 1.54) is 23.3 Å². The number of hydrogen-bond donors (Lipinski definition) is 0. The summed E-state index contributed by atoms with van der Waals surface area (Å²) in [5, 5.41) is 3.21. The topological polar surface area (TPSA) is 71.8 Å². The molecule has 0 amide bonds. The molecular formula is C18H16FN3OS. The lowest BCUT2D eigenvalue weighted by molar-refractivity contribution is 0.579. The molecule has 2 aromatic rings. The van der Waals surface area contributed by atoms with Gasteiger partial charge in [-0.05, 0) is 52.0 Å². The highest BCUT2D eigenvalue weighted by atomic mass is 32.2. The highest BCUT2D eigenvalue weighted by Gasteiger charge is 2.49. The molecule has 2 aliphatic rings. The molecule has 1 saturated heterocycles. The Bertz CT molecular complexity index is 837. The highest BCUT2D eigenvalue weighted by molar-refractivity contribution is 7.92. The van der Waals surface area contributed by atoms with Crippen molar-refractivity contribution in [1.82, 2.24) is 0 Å². The van der Waals surface area contributed by atoms with Crippen molar-refractivity contribution in [2.75, 3.05) is 6.54 Å². The zero-order valence-corrected chi connectivity index (χ0v) is 13.7. The Morgan fingerprint density at radius 1 is 1.21 bits per heavy atom. The monoisotopic (exact) mass is 341 g/mol. The Kier molecular flexibility index (Phi) is 3.96. The maximum absolute atomic E-state index is 13.9. The molecule has 0 saturated carbocycles. The summed E-state index contributed by atoms with van der Waals surface area (Å²) in [6, 6.07) is 13.0. The van der Waals surface area contributed by atoms with Crippen LogP contribution in [0.25, 0.3) is 10.4 Å². The maximum atomic E-state index is 13.9. The van der Waals surface area contributed by atoms with Crippen LogP contribution >= 0.6 is 0 Å². The molecule has 0 unspecified atom stereocenters. The Labute approximate surface area is 142 Å². The molecule has 4 nitrogen and oxygen atoms in total. The number of benzene rings is 2. The zero-order chi connectivity index (χ0) is 16.7. The first-order chi connectivity index (χ1) is 11.7. The minimum absolute atomic E-state index is 0.0731. The molecule has 122 valence electrons. The fourth-order valence-electron chi connectivity index (χ4n) is 4.03. The van der Waals surface area contributed by atoms with Crippen LogP contribution in [0.3, 0.4) is 0 Å². The van der Waals surface area contributed by atoms with Crippen molar-refractivity contribution in [3.63, 3.8) is 0 Å². The number of fused-ring (bicyclic) bond motifs is 5. The summed E-state index contributed by atoms with van der Waals surface area (Å²) in [6.07, 6.45) is 1.43. The summed E-state index contributed by atoms with van der Waals surface area (Å²) in [7, 11) is 0. The van der Waals surface area contributed by atoms with Gasteiger partial charge in [-0.3, -0.25) is 0 Å². The SMILES string of the molecule is [N-]=[N+]=NC[C@H]1C[C@@H]2c3ccccc3Cc3ccc(F)cc3[C@H]2[S@+]1[O-]. The van der Waals surface area contributed by atoms with Crippen molar-refractivity contribution in [3.05, 3.63) is 81.0 Å². The molecule has 1 fully saturated rings. The van der Waals surface area contributed by atoms with Gasteiger partial charge in [0.2, 0.25) is 0 Å². The van der Waals surface area contributed by atoms with E-state index < -0.39 is 11.2 Å². The van der Waals surface area contributed by atoms with Crippen molar-refractivity contribution in [3.8, 4) is 0 Å². The van der Waals surface area contributed by atoms with E-state index in [4.69, 9.17) is 5.53 Å². The van der Waals surface area contributed by atoms with Gasteiger partial charge < -0.3 is 4.55 Å². The van der Waals surface area contributed by atoms with Crippen molar-refractivity contribution in [2.45, 2.75) is 29.3 Å². The molecule has 0 bridgehead atoms. The van der Waals surface area contributed by atoms with E-state index in [9.17, 15) is 8.94 Å². The molecule has 0 spiro atoms. The average molecular weight is 341 g/mol. The van der Waals surface area contributed by atoms with E-state index in [-0.39, 0.29) is 28.8 Å². The van der Waals surface area contributed by atoms with Crippen LogP contribution < -0.4 is 0 Å². The maximum Gasteiger partial charge on any atom is 0.148 e. The quantitative estimate of drug-likeness (QED) is 0.346. The minimum Gasteiger partial charge on any atom is -0.616 e. The summed E-state index contributed by atoms with van der Waals surface area (Å²) >= 11 is -1.20. The van der Waals surface area contributed by atoms with Gasteiger partial charge in [0.25, 0.3) is 0 Å². The van der Waals surface area contributed by atoms with E-state index in [1.807, 2.05) is 18.2 Å². The van der Waals surface area contributed by atoms with E-state index in [2.05, 4.69) is 22.2 Å². The predicted octanol–water partition coefficient (Wildman–Crippen LogP) is 4.39. The third kappa shape index (κ3) is 2.47. The first kappa shape index (κ1) is 15.5. The summed E-state index contributed by atoms with van der Waals surface area (Å²) in [6.45, 7) is 0.225. The van der Waals surface area contributed by atoms with Crippen LogP contribution in [0.4, 0.5) is 4.39 Å². The normalized spacial score (nSPS) is 27.4. The Hall–Kier alpha value is -2.01. The van der Waals surface area contributed by atoms with Crippen molar-refractivity contribution < 1.29 is 8.94 Å². The van der Waals surface area contributed by atoms with E-state index in [1.54, 1.807) is 0 Å². The van der Waals surface area contributed by atoms with Crippen molar-refractivity contribution in [1.29, 1.82) is 0 Å². The second-order valence-electron chi connectivity index (χ2n) is 6.35. The van der Waals surface area contributed by atoms with Gasteiger partial charge in [0, 0.05) is 22.8 Å². The van der Waals surface area contributed by atoms with E-state index in [0.717, 1.165) is 17.5 Å². The van der Waals surface area contributed by atoms with E-state index in [0.29, 0.717) is 6.42 Å². The van der Waals surface area contributed by atoms with Gasteiger partial charge in [-0.2, -0.15) is 0 Å². The Morgan fingerprint density at radius 3 is 2.83 bits per heavy atom. The molecule has 1 heterocycles. The molecular weight excluding hydrogens is 325 g/mol. The molecule has 4 rings (SSSR count). The number of nitrogens with zero attached hydrogens (tertiary/aromatic N) is 3. The first-order valence-corrected chi connectivity index (χ1v) is 9.23. The standard InChI is InChI=1S/C18H16FN3OS/c19-13-6-5-12-7-11-3-1-2-4-15(11)17-9-14(10-21-22-20)24(23)18(17)16(12)8-13/h1-6,8,14,17-18H,7,9-10H2/t14-,17-,18-,24-/m1/s1.